The molecule has 0 bridgehead atoms. The summed E-state index contributed by atoms with van der Waals surface area (Å²) in [5, 5.41) is 23.7. The van der Waals surface area contributed by atoms with Gasteiger partial charge in [-0.15, -0.1) is 0 Å². The summed E-state index contributed by atoms with van der Waals surface area (Å²) in [4.78, 5) is 8.76. The Morgan fingerprint density at radius 3 is 1.42 bits per heavy atom. The molecular formula is C13H24N4O2. The van der Waals surface area contributed by atoms with Crippen LogP contribution in [-0.4, -0.2) is 46.4 Å². The molecule has 0 aromatic rings. The maximum absolute atomic E-state index is 8.68. The minimum absolute atomic E-state index is 0.559. The van der Waals surface area contributed by atoms with Gasteiger partial charge in [0.2, 0.25) is 0 Å². The van der Waals surface area contributed by atoms with Gasteiger partial charge in [0, 0.05) is 13.1 Å². The lowest BCUT2D eigenvalue weighted by molar-refractivity contribution is 0.319. The van der Waals surface area contributed by atoms with Crippen molar-refractivity contribution in [1.29, 1.82) is 0 Å². The highest BCUT2D eigenvalue weighted by Crippen LogP contribution is 1.95. The molecule has 0 unspecified atom stereocenters. The van der Waals surface area contributed by atoms with Crippen molar-refractivity contribution in [3.8, 4) is 0 Å². The highest BCUT2D eigenvalue weighted by Gasteiger charge is 2.02. The number of aliphatic imine (C=N–C) groups is 2. The lowest BCUT2D eigenvalue weighted by Crippen LogP contribution is -2.11. The third-order valence-corrected chi connectivity index (χ3v) is 2.73. The second-order valence-electron chi connectivity index (χ2n) is 4.09. The van der Waals surface area contributed by atoms with E-state index < -0.39 is 0 Å². The molecule has 0 aliphatic carbocycles. The first-order chi connectivity index (χ1) is 9.10. The highest BCUT2D eigenvalue weighted by molar-refractivity contribution is 6.41. The number of hydrogen-bond donors (Lipinski definition) is 2. The second kappa shape index (κ2) is 10.2. The van der Waals surface area contributed by atoms with E-state index in [4.69, 9.17) is 10.4 Å². The average Bonchev–Trinajstić information content (AvgIpc) is 2.45. The third kappa shape index (κ3) is 6.69. The fourth-order valence-electron chi connectivity index (χ4n) is 1.58. The van der Waals surface area contributed by atoms with E-state index in [2.05, 4.69) is 20.3 Å². The summed E-state index contributed by atoms with van der Waals surface area (Å²) < 4.78 is 0. The van der Waals surface area contributed by atoms with Gasteiger partial charge in [-0.2, -0.15) is 0 Å². The van der Waals surface area contributed by atoms with Gasteiger partial charge in [-0.05, 0) is 33.1 Å². The van der Waals surface area contributed by atoms with Gasteiger partial charge in [-0.3, -0.25) is 9.98 Å². The zero-order chi connectivity index (χ0) is 14.7. The standard InChI is InChI=1S/C13H24N4O2/c1-5-12(10(3)16-18)14-8-7-9-15-13(6-2)11(4)17-19/h18-19H,5-9H2,1-4H3. The lowest BCUT2D eigenvalue weighted by Gasteiger charge is -2.03. The molecule has 0 aliphatic rings. The molecule has 19 heavy (non-hydrogen) atoms. The molecule has 0 aromatic heterocycles. The van der Waals surface area contributed by atoms with Crippen molar-refractivity contribution in [2.75, 3.05) is 13.1 Å². The largest absolute Gasteiger partial charge is 0.411 e. The zero-order valence-corrected chi connectivity index (χ0v) is 12.2. The quantitative estimate of drug-likeness (QED) is 0.307. The fraction of sp³-hybridized carbons (Fsp3) is 0.692. The van der Waals surface area contributed by atoms with E-state index in [9.17, 15) is 0 Å². The van der Waals surface area contributed by atoms with Crippen LogP contribution in [0.5, 0.6) is 0 Å². The summed E-state index contributed by atoms with van der Waals surface area (Å²) in [6.45, 7) is 8.70. The van der Waals surface area contributed by atoms with Crippen molar-refractivity contribution in [1.82, 2.24) is 0 Å². The summed E-state index contributed by atoms with van der Waals surface area (Å²) in [6, 6.07) is 0. The summed E-state index contributed by atoms with van der Waals surface area (Å²) >= 11 is 0. The third-order valence-electron chi connectivity index (χ3n) is 2.73. The molecule has 0 saturated heterocycles. The molecule has 0 fully saturated rings. The van der Waals surface area contributed by atoms with Crippen molar-refractivity contribution in [3.05, 3.63) is 0 Å². The summed E-state index contributed by atoms with van der Waals surface area (Å²) in [6.07, 6.45) is 2.30. The van der Waals surface area contributed by atoms with Crippen molar-refractivity contribution < 1.29 is 10.4 Å². The van der Waals surface area contributed by atoms with Crippen molar-refractivity contribution in [3.63, 3.8) is 0 Å². The molecule has 6 heteroatoms. The van der Waals surface area contributed by atoms with E-state index in [1.54, 1.807) is 13.8 Å². The molecule has 0 saturated carbocycles. The van der Waals surface area contributed by atoms with Crippen molar-refractivity contribution in [2.24, 2.45) is 20.3 Å². The van der Waals surface area contributed by atoms with E-state index in [0.29, 0.717) is 24.5 Å². The van der Waals surface area contributed by atoms with Gasteiger partial charge < -0.3 is 10.4 Å². The predicted octanol–water partition coefficient (Wildman–Crippen LogP) is 2.78. The van der Waals surface area contributed by atoms with Gasteiger partial charge in [0.15, 0.2) is 0 Å². The number of nitrogens with zero attached hydrogens (tertiary/aromatic N) is 4. The van der Waals surface area contributed by atoms with E-state index >= 15 is 0 Å². The summed E-state index contributed by atoms with van der Waals surface area (Å²) in [5.74, 6) is 0. The summed E-state index contributed by atoms with van der Waals surface area (Å²) in [5.41, 5.74) is 2.75. The maximum atomic E-state index is 8.68. The monoisotopic (exact) mass is 268 g/mol. The van der Waals surface area contributed by atoms with E-state index in [1.807, 2.05) is 13.8 Å². The van der Waals surface area contributed by atoms with Crippen LogP contribution >= 0.6 is 0 Å². The topological polar surface area (TPSA) is 89.9 Å². The number of hydrogen-bond acceptors (Lipinski definition) is 6. The van der Waals surface area contributed by atoms with E-state index in [0.717, 1.165) is 30.7 Å². The lowest BCUT2D eigenvalue weighted by atomic mass is 10.2. The minimum Gasteiger partial charge on any atom is -0.411 e. The molecule has 108 valence electrons. The Labute approximate surface area is 114 Å². The Morgan fingerprint density at radius 2 is 1.16 bits per heavy atom. The molecule has 0 rings (SSSR count). The smallest absolute Gasteiger partial charge is 0.0974 e. The molecule has 0 radical (unpaired) electrons. The predicted molar refractivity (Wildman–Crippen MR) is 79.6 cm³/mol. The first-order valence-electron chi connectivity index (χ1n) is 6.55. The highest BCUT2D eigenvalue weighted by atomic mass is 16.4. The van der Waals surface area contributed by atoms with Crippen LogP contribution in [0.4, 0.5) is 0 Å². The first kappa shape index (κ1) is 17.3. The van der Waals surface area contributed by atoms with Crippen LogP contribution < -0.4 is 0 Å². The van der Waals surface area contributed by atoms with Gasteiger partial charge in [0.05, 0.1) is 22.8 Å². The van der Waals surface area contributed by atoms with Gasteiger partial charge in [-0.1, -0.05) is 24.2 Å². The van der Waals surface area contributed by atoms with Crippen LogP contribution in [0, 0.1) is 0 Å². The van der Waals surface area contributed by atoms with Crippen LogP contribution in [0.15, 0.2) is 20.3 Å². The minimum atomic E-state index is 0.559. The van der Waals surface area contributed by atoms with Crippen molar-refractivity contribution >= 4 is 22.8 Å². The number of rotatable bonds is 8. The maximum Gasteiger partial charge on any atom is 0.0974 e. The van der Waals surface area contributed by atoms with Gasteiger partial charge >= 0.3 is 0 Å². The molecule has 0 heterocycles. The Bertz CT molecular complexity index is 348. The molecule has 0 spiro atoms. The molecule has 0 atom stereocenters. The van der Waals surface area contributed by atoms with Crippen LogP contribution in [-0.2, 0) is 0 Å². The summed E-state index contributed by atoms with van der Waals surface area (Å²) in [7, 11) is 0. The molecule has 2 N–H and O–H groups in total. The van der Waals surface area contributed by atoms with Crippen molar-refractivity contribution in [2.45, 2.75) is 47.0 Å². The molecular weight excluding hydrogens is 244 g/mol. The fourth-order valence-corrected chi connectivity index (χ4v) is 1.58. The second-order valence-corrected chi connectivity index (χ2v) is 4.09. The van der Waals surface area contributed by atoms with E-state index in [1.165, 1.54) is 0 Å². The van der Waals surface area contributed by atoms with Crippen LogP contribution in [0.25, 0.3) is 0 Å². The Hall–Kier alpha value is -1.72. The molecule has 0 aromatic carbocycles. The van der Waals surface area contributed by atoms with Gasteiger partial charge in [-0.25, -0.2) is 0 Å². The Morgan fingerprint density at radius 1 is 0.789 bits per heavy atom. The molecule has 0 aliphatic heterocycles. The number of oxime groups is 2. The van der Waals surface area contributed by atoms with Gasteiger partial charge in [0.25, 0.3) is 0 Å². The van der Waals surface area contributed by atoms with Crippen LogP contribution in [0.1, 0.15) is 47.0 Å². The Balaban J connectivity index is 4.31. The normalized spacial score (nSPS) is 14.9. The van der Waals surface area contributed by atoms with Crippen LogP contribution in [0.3, 0.4) is 0 Å². The van der Waals surface area contributed by atoms with Gasteiger partial charge in [0.1, 0.15) is 0 Å². The Kier molecular flexibility index (Phi) is 9.30. The molecule has 6 nitrogen and oxygen atoms in total. The molecule has 0 amide bonds. The zero-order valence-electron chi connectivity index (χ0n) is 12.2. The van der Waals surface area contributed by atoms with Crippen LogP contribution in [0.2, 0.25) is 0 Å². The van der Waals surface area contributed by atoms with E-state index in [-0.39, 0.29) is 0 Å². The SMILES string of the molecule is CCC(=NCCCN=C(CC)C(C)=NO)C(C)=NO. The average molecular weight is 268 g/mol. The first-order valence-corrected chi connectivity index (χ1v) is 6.55.